The minimum atomic E-state index is -0.600. The predicted octanol–water partition coefficient (Wildman–Crippen LogP) is 3.63. The van der Waals surface area contributed by atoms with E-state index in [9.17, 15) is 9.59 Å². The van der Waals surface area contributed by atoms with Crippen LogP contribution in [0.25, 0.3) is 0 Å². The van der Waals surface area contributed by atoms with Gasteiger partial charge in [0.15, 0.2) is 13.2 Å². The molecule has 0 atom stereocenters. The van der Waals surface area contributed by atoms with E-state index < -0.39 is 11.9 Å². The van der Waals surface area contributed by atoms with Crippen molar-refractivity contribution in [3.63, 3.8) is 0 Å². The fourth-order valence-electron chi connectivity index (χ4n) is 1.90. The van der Waals surface area contributed by atoms with Crippen molar-refractivity contribution in [2.45, 2.75) is 13.8 Å². The van der Waals surface area contributed by atoms with Crippen LogP contribution in [-0.2, 0) is 14.3 Å². The maximum atomic E-state index is 11.8. The number of benzene rings is 2. The van der Waals surface area contributed by atoms with E-state index in [0.29, 0.717) is 11.4 Å². The fraction of sp³-hybridized carbons (Fsp3) is 0.222. The van der Waals surface area contributed by atoms with E-state index in [-0.39, 0.29) is 13.2 Å². The molecule has 0 saturated heterocycles. The lowest BCUT2D eigenvalue weighted by atomic mass is 10.2. The van der Waals surface area contributed by atoms with Gasteiger partial charge in [-0.1, -0.05) is 34.1 Å². The zero-order valence-electron chi connectivity index (χ0n) is 13.5. The van der Waals surface area contributed by atoms with Gasteiger partial charge in [0.25, 0.3) is 5.91 Å². The number of nitrogens with one attached hydrogen (secondary N) is 1. The molecule has 5 nitrogen and oxygen atoms in total. The first-order valence-electron chi connectivity index (χ1n) is 7.35. The molecular weight excluding hydrogens is 374 g/mol. The molecule has 0 heterocycles. The van der Waals surface area contributed by atoms with E-state index in [2.05, 4.69) is 21.2 Å². The van der Waals surface area contributed by atoms with Crippen LogP contribution in [0.4, 0.5) is 5.69 Å². The second-order valence-electron chi connectivity index (χ2n) is 5.28. The summed E-state index contributed by atoms with van der Waals surface area (Å²) in [5, 5.41) is 2.66. The number of ether oxygens (including phenoxy) is 2. The van der Waals surface area contributed by atoms with Crippen LogP contribution in [0.15, 0.2) is 46.9 Å². The predicted molar refractivity (Wildman–Crippen MR) is 95.1 cm³/mol. The maximum Gasteiger partial charge on any atom is 0.344 e. The van der Waals surface area contributed by atoms with Gasteiger partial charge in [-0.3, -0.25) is 4.79 Å². The highest BCUT2D eigenvalue weighted by Crippen LogP contribution is 2.20. The number of hydrogen-bond donors (Lipinski definition) is 1. The van der Waals surface area contributed by atoms with Crippen molar-refractivity contribution >= 4 is 33.5 Å². The Morgan fingerprint density at radius 1 is 1.08 bits per heavy atom. The number of amides is 1. The third-order valence-corrected chi connectivity index (χ3v) is 4.02. The summed E-state index contributed by atoms with van der Waals surface area (Å²) in [5.74, 6) is -0.424. The summed E-state index contributed by atoms with van der Waals surface area (Å²) in [4.78, 5) is 23.4. The molecule has 2 aromatic carbocycles. The molecule has 126 valence electrons. The highest BCUT2D eigenvalue weighted by molar-refractivity contribution is 9.10. The summed E-state index contributed by atoms with van der Waals surface area (Å²) in [5.41, 5.74) is 2.72. The Labute approximate surface area is 149 Å². The van der Waals surface area contributed by atoms with E-state index in [1.165, 1.54) is 0 Å². The van der Waals surface area contributed by atoms with E-state index in [1.54, 1.807) is 18.2 Å². The number of aryl methyl sites for hydroxylation is 2. The molecule has 0 aliphatic heterocycles. The van der Waals surface area contributed by atoms with E-state index in [0.717, 1.165) is 15.6 Å². The quantitative estimate of drug-likeness (QED) is 0.763. The van der Waals surface area contributed by atoms with Crippen LogP contribution in [0.5, 0.6) is 5.75 Å². The standard InChI is InChI=1S/C18H18BrNO4/c1-12-4-3-5-15(8-12)23-11-18(22)24-10-17(21)20-14-7-6-13(2)16(19)9-14/h3-9H,10-11H2,1-2H3,(H,20,21). The average Bonchev–Trinajstić information content (AvgIpc) is 2.54. The molecule has 0 aliphatic carbocycles. The Hall–Kier alpha value is -2.34. The van der Waals surface area contributed by atoms with Crippen LogP contribution in [-0.4, -0.2) is 25.1 Å². The second-order valence-corrected chi connectivity index (χ2v) is 6.13. The first kappa shape index (κ1) is 18.0. The molecule has 2 aromatic rings. The van der Waals surface area contributed by atoms with Crippen molar-refractivity contribution in [3.05, 3.63) is 58.1 Å². The molecule has 1 amide bonds. The number of anilines is 1. The summed E-state index contributed by atoms with van der Waals surface area (Å²) >= 11 is 3.39. The molecule has 0 fully saturated rings. The molecule has 0 bridgehead atoms. The number of carbonyl (C=O) groups is 2. The van der Waals surface area contributed by atoms with Gasteiger partial charge in [-0.05, 0) is 49.2 Å². The third kappa shape index (κ3) is 5.70. The molecule has 24 heavy (non-hydrogen) atoms. The molecule has 2 rings (SSSR count). The minimum Gasteiger partial charge on any atom is -0.482 e. The Morgan fingerprint density at radius 3 is 2.58 bits per heavy atom. The van der Waals surface area contributed by atoms with Gasteiger partial charge in [0, 0.05) is 10.2 Å². The summed E-state index contributed by atoms with van der Waals surface area (Å²) in [6.45, 7) is 3.28. The first-order chi connectivity index (χ1) is 11.4. The summed E-state index contributed by atoms with van der Waals surface area (Å²) < 4.78 is 11.1. The van der Waals surface area contributed by atoms with Crippen molar-refractivity contribution in [1.82, 2.24) is 0 Å². The molecule has 0 aliphatic rings. The minimum absolute atomic E-state index is 0.243. The van der Waals surface area contributed by atoms with Crippen LogP contribution >= 0.6 is 15.9 Å². The van der Waals surface area contributed by atoms with E-state index >= 15 is 0 Å². The normalized spacial score (nSPS) is 10.1. The van der Waals surface area contributed by atoms with Gasteiger partial charge < -0.3 is 14.8 Å². The lowest BCUT2D eigenvalue weighted by molar-refractivity contribution is -0.149. The van der Waals surface area contributed by atoms with Crippen molar-refractivity contribution in [2.24, 2.45) is 0 Å². The zero-order chi connectivity index (χ0) is 17.5. The Kier molecular flexibility index (Phi) is 6.37. The van der Waals surface area contributed by atoms with Crippen molar-refractivity contribution in [2.75, 3.05) is 18.5 Å². The smallest absolute Gasteiger partial charge is 0.344 e. The number of halogens is 1. The fourth-order valence-corrected chi connectivity index (χ4v) is 2.28. The van der Waals surface area contributed by atoms with Crippen LogP contribution in [0.2, 0.25) is 0 Å². The largest absolute Gasteiger partial charge is 0.482 e. The Bertz CT molecular complexity index is 746. The van der Waals surface area contributed by atoms with Crippen molar-refractivity contribution in [3.8, 4) is 5.75 Å². The van der Waals surface area contributed by atoms with E-state index in [1.807, 2.05) is 38.1 Å². The average molecular weight is 392 g/mol. The van der Waals surface area contributed by atoms with Crippen molar-refractivity contribution < 1.29 is 19.1 Å². The second kappa shape index (κ2) is 8.49. The van der Waals surface area contributed by atoms with Crippen LogP contribution < -0.4 is 10.1 Å². The van der Waals surface area contributed by atoms with Crippen molar-refractivity contribution in [1.29, 1.82) is 0 Å². The summed E-state index contributed by atoms with van der Waals surface area (Å²) in [7, 11) is 0. The lowest BCUT2D eigenvalue weighted by Crippen LogP contribution is -2.23. The van der Waals surface area contributed by atoms with Gasteiger partial charge in [0.2, 0.25) is 0 Å². The Balaban J connectivity index is 1.74. The van der Waals surface area contributed by atoms with Gasteiger partial charge >= 0.3 is 5.97 Å². The van der Waals surface area contributed by atoms with Crippen LogP contribution in [0.3, 0.4) is 0 Å². The lowest BCUT2D eigenvalue weighted by Gasteiger charge is -2.09. The maximum absolute atomic E-state index is 11.8. The number of rotatable bonds is 6. The zero-order valence-corrected chi connectivity index (χ0v) is 15.1. The SMILES string of the molecule is Cc1cccc(OCC(=O)OCC(=O)Nc2ccc(C)c(Br)c2)c1. The molecular formula is C18H18BrNO4. The monoisotopic (exact) mass is 391 g/mol. The first-order valence-corrected chi connectivity index (χ1v) is 8.14. The van der Waals surface area contributed by atoms with Crippen LogP contribution in [0, 0.1) is 13.8 Å². The number of esters is 1. The van der Waals surface area contributed by atoms with Gasteiger partial charge in [-0.15, -0.1) is 0 Å². The number of carbonyl (C=O) groups excluding carboxylic acids is 2. The molecule has 0 unspecified atom stereocenters. The van der Waals surface area contributed by atoms with Gasteiger partial charge in [0.05, 0.1) is 0 Å². The molecule has 6 heteroatoms. The van der Waals surface area contributed by atoms with Gasteiger partial charge in [-0.2, -0.15) is 0 Å². The van der Waals surface area contributed by atoms with Crippen LogP contribution in [0.1, 0.15) is 11.1 Å². The Morgan fingerprint density at radius 2 is 1.88 bits per heavy atom. The summed E-state index contributed by atoms with van der Waals surface area (Å²) in [6.07, 6.45) is 0. The summed E-state index contributed by atoms with van der Waals surface area (Å²) in [6, 6.07) is 12.8. The molecule has 0 radical (unpaired) electrons. The molecule has 0 saturated carbocycles. The van der Waals surface area contributed by atoms with Gasteiger partial charge in [0.1, 0.15) is 5.75 Å². The highest BCUT2D eigenvalue weighted by atomic mass is 79.9. The number of hydrogen-bond acceptors (Lipinski definition) is 4. The van der Waals surface area contributed by atoms with Gasteiger partial charge in [-0.25, -0.2) is 4.79 Å². The highest BCUT2D eigenvalue weighted by Gasteiger charge is 2.09. The van der Waals surface area contributed by atoms with E-state index in [4.69, 9.17) is 9.47 Å². The topological polar surface area (TPSA) is 64.6 Å². The molecule has 1 N–H and O–H groups in total. The molecule has 0 aromatic heterocycles. The third-order valence-electron chi connectivity index (χ3n) is 3.17. The molecule has 0 spiro atoms.